The maximum Gasteiger partial charge on any atom is 0.509 e. The van der Waals surface area contributed by atoms with E-state index < -0.39 is 102 Å². The summed E-state index contributed by atoms with van der Waals surface area (Å²) >= 11 is 0. The smallest absolute Gasteiger partial charge is 0.458 e. The van der Waals surface area contributed by atoms with E-state index >= 15 is 0 Å². The Hall–Kier alpha value is -2.40. The third-order valence-electron chi connectivity index (χ3n) is 12.5. The molecule has 0 saturated carbocycles. The molecule has 4 aliphatic rings. The highest BCUT2D eigenvalue weighted by molar-refractivity contribution is 5.84. The van der Waals surface area contributed by atoms with Crippen LogP contribution in [0, 0.1) is 23.7 Å². The lowest BCUT2D eigenvalue weighted by atomic mass is 9.74. The zero-order valence-corrected chi connectivity index (χ0v) is 36.0. The van der Waals surface area contributed by atoms with Gasteiger partial charge in [0, 0.05) is 38.7 Å². The first-order valence-electron chi connectivity index (χ1n) is 20.3. The highest BCUT2D eigenvalue weighted by Gasteiger charge is 2.59. The Morgan fingerprint density at radius 3 is 2.14 bits per heavy atom. The summed E-state index contributed by atoms with van der Waals surface area (Å²) in [6, 6.07) is -0.293. The van der Waals surface area contributed by atoms with Crippen LogP contribution in [0.4, 0.5) is 4.79 Å². The van der Waals surface area contributed by atoms with Crippen molar-refractivity contribution in [1.29, 1.82) is 0 Å². The quantitative estimate of drug-likeness (QED) is 0.245. The Morgan fingerprint density at radius 1 is 0.893 bits per heavy atom. The van der Waals surface area contributed by atoms with Crippen LogP contribution in [0.15, 0.2) is 0 Å². The predicted molar refractivity (Wildman–Crippen MR) is 202 cm³/mol. The van der Waals surface area contributed by atoms with Crippen molar-refractivity contribution in [2.24, 2.45) is 23.7 Å². The molecule has 15 heteroatoms. The average molecular weight is 800 g/mol. The van der Waals surface area contributed by atoms with Gasteiger partial charge in [-0.15, -0.1) is 0 Å². The Balaban J connectivity index is 1.88. The molecule has 0 aliphatic carbocycles. The van der Waals surface area contributed by atoms with Gasteiger partial charge in [-0.25, -0.2) is 4.79 Å². The monoisotopic (exact) mass is 799 g/mol. The molecule has 7 unspecified atom stereocenters. The van der Waals surface area contributed by atoms with Crippen molar-refractivity contribution in [3.63, 3.8) is 0 Å². The number of nitrogens with zero attached hydrogens (tertiary/aromatic N) is 1. The summed E-state index contributed by atoms with van der Waals surface area (Å²) in [5.41, 5.74) is -3.85. The standard InChI is InChI=1S/C41H69NO14/c1-15-16-29-41(11)35(55-38(46)56-41)24(5)31(44)21(2)18-40(10,47)34(54-37-33(51-27(8)43)28(42(12)13)17-22(3)50-37)25(6)32(26(7)36(45)52-29)53-30-20-39(9,48-14)19-23(4)49-30/h21-26,28-30,32-35,37,47H,15-20H2,1-14H3/t21-,22?,23?,24+,25+,26-,28?,29-,30?,32+,33?,34-,35-,37?,39?,40-,41-/m1/s1. The van der Waals surface area contributed by atoms with E-state index in [1.54, 1.807) is 48.7 Å². The van der Waals surface area contributed by atoms with Crippen molar-refractivity contribution in [2.45, 2.75) is 193 Å². The molecule has 0 bridgehead atoms. The molecular weight excluding hydrogens is 730 g/mol. The highest BCUT2D eigenvalue weighted by atomic mass is 16.8. The number of aliphatic hydroxyl groups is 1. The van der Waals surface area contributed by atoms with E-state index in [0.717, 1.165) is 0 Å². The van der Waals surface area contributed by atoms with Gasteiger partial charge in [0.2, 0.25) is 0 Å². The third kappa shape index (κ3) is 10.2. The first kappa shape index (κ1) is 46.3. The molecular formula is C41H69NO14. The molecule has 0 spiro atoms. The first-order valence-corrected chi connectivity index (χ1v) is 20.3. The van der Waals surface area contributed by atoms with E-state index in [1.807, 2.05) is 46.7 Å². The second-order valence-electron chi connectivity index (χ2n) is 17.8. The second-order valence-corrected chi connectivity index (χ2v) is 17.8. The van der Waals surface area contributed by atoms with E-state index in [1.165, 1.54) is 6.92 Å². The molecule has 0 aromatic carbocycles. The normalized spacial score (nSPS) is 45.6. The van der Waals surface area contributed by atoms with Crippen LogP contribution in [0.2, 0.25) is 0 Å². The molecule has 0 aromatic rings. The number of cyclic esters (lactones) is 1. The van der Waals surface area contributed by atoms with Gasteiger partial charge in [0.05, 0.1) is 53.5 Å². The number of ether oxygens (including phenoxy) is 9. The largest absolute Gasteiger partial charge is 0.509 e. The zero-order chi connectivity index (χ0) is 42.1. The van der Waals surface area contributed by atoms with Crippen LogP contribution in [-0.2, 0) is 57.0 Å². The van der Waals surface area contributed by atoms with E-state index in [2.05, 4.69) is 0 Å². The molecule has 0 amide bonds. The summed E-state index contributed by atoms with van der Waals surface area (Å²) in [7, 11) is 5.39. The summed E-state index contributed by atoms with van der Waals surface area (Å²) in [5, 5.41) is 12.7. The van der Waals surface area contributed by atoms with Crippen molar-refractivity contribution in [1.82, 2.24) is 4.90 Å². The van der Waals surface area contributed by atoms with Gasteiger partial charge in [0.25, 0.3) is 0 Å². The van der Waals surface area contributed by atoms with Crippen molar-refractivity contribution in [3.8, 4) is 0 Å². The molecule has 1 N–H and O–H groups in total. The Bertz CT molecular complexity index is 1390. The topological polar surface area (TPSA) is 175 Å². The van der Waals surface area contributed by atoms with Crippen molar-refractivity contribution in [3.05, 3.63) is 0 Å². The number of fused-ring (bicyclic) bond motifs is 1. The van der Waals surface area contributed by atoms with Gasteiger partial charge < -0.3 is 52.6 Å². The number of hydrogen-bond donors (Lipinski definition) is 1. The second kappa shape index (κ2) is 18.3. The average Bonchev–Trinajstić information content (AvgIpc) is 3.41. The maximum absolute atomic E-state index is 14.5. The van der Waals surface area contributed by atoms with E-state index in [-0.39, 0.29) is 30.5 Å². The molecule has 17 atom stereocenters. The van der Waals surface area contributed by atoms with E-state index in [9.17, 15) is 24.3 Å². The van der Waals surface area contributed by atoms with Crippen molar-refractivity contribution in [2.75, 3.05) is 21.2 Å². The van der Waals surface area contributed by atoms with Crippen LogP contribution in [0.25, 0.3) is 0 Å². The molecule has 56 heavy (non-hydrogen) atoms. The molecule has 4 heterocycles. The van der Waals surface area contributed by atoms with Gasteiger partial charge in [-0.05, 0) is 74.9 Å². The zero-order valence-electron chi connectivity index (χ0n) is 36.0. The molecule has 322 valence electrons. The minimum atomic E-state index is -1.78. The lowest BCUT2D eigenvalue weighted by Gasteiger charge is -2.48. The summed E-state index contributed by atoms with van der Waals surface area (Å²) < 4.78 is 55.8. The molecule has 4 aliphatic heterocycles. The van der Waals surface area contributed by atoms with Gasteiger partial charge in [-0.2, -0.15) is 0 Å². The van der Waals surface area contributed by atoms with E-state index in [0.29, 0.717) is 32.1 Å². The highest BCUT2D eigenvalue weighted by Crippen LogP contribution is 2.43. The molecule has 4 saturated heterocycles. The van der Waals surface area contributed by atoms with E-state index in [4.69, 9.17) is 42.6 Å². The molecule has 15 nitrogen and oxygen atoms in total. The minimum absolute atomic E-state index is 0.0936. The van der Waals surface area contributed by atoms with Gasteiger partial charge in [0.1, 0.15) is 11.9 Å². The SMILES string of the molecule is CCC[C@H]1OC(=O)[C@H](C)[C@@H](OC2CC(C)(OC)CC(C)O2)[C@H](C)[C@@H](OC2OC(C)CC(N(C)C)C2OC(C)=O)[C@](C)(O)C[C@@H](C)C(=O)[C@H](C)[C@H]2OC(=O)O[C@@]21C. The number of carbonyl (C=O) groups is 4. The Kier molecular flexibility index (Phi) is 15.1. The summed E-state index contributed by atoms with van der Waals surface area (Å²) in [6.07, 6.45) is -6.31. The van der Waals surface area contributed by atoms with Crippen LogP contribution >= 0.6 is 0 Å². The predicted octanol–water partition coefficient (Wildman–Crippen LogP) is 4.96. The van der Waals surface area contributed by atoms with Gasteiger partial charge in [-0.1, -0.05) is 34.1 Å². The summed E-state index contributed by atoms with van der Waals surface area (Å²) in [5.74, 6) is -4.93. The number of ketones is 1. The number of esters is 2. The number of hydrogen-bond acceptors (Lipinski definition) is 15. The number of rotatable bonds is 9. The Labute approximate surface area is 333 Å². The molecule has 0 radical (unpaired) electrons. The van der Waals surface area contributed by atoms with Crippen LogP contribution in [0.3, 0.4) is 0 Å². The van der Waals surface area contributed by atoms with Crippen LogP contribution in [0.5, 0.6) is 0 Å². The van der Waals surface area contributed by atoms with Crippen LogP contribution in [-0.4, -0.2) is 133 Å². The van der Waals surface area contributed by atoms with Crippen molar-refractivity contribution < 1.29 is 66.9 Å². The van der Waals surface area contributed by atoms with Crippen LogP contribution < -0.4 is 0 Å². The third-order valence-corrected chi connectivity index (χ3v) is 12.5. The van der Waals surface area contributed by atoms with Gasteiger partial charge in [0.15, 0.2) is 30.4 Å². The number of methoxy groups -OCH3 is 1. The molecule has 4 fully saturated rings. The van der Waals surface area contributed by atoms with Crippen LogP contribution in [0.1, 0.15) is 115 Å². The molecule has 0 aromatic heterocycles. The lowest BCUT2D eigenvalue weighted by molar-refractivity contribution is -0.311. The summed E-state index contributed by atoms with van der Waals surface area (Å²) in [6.45, 7) is 19.1. The lowest BCUT2D eigenvalue weighted by Crippen LogP contribution is -2.61. The Morgan fingerprint density at radius 2 is 1.55 bits per heavy atom. The maximum atomic E-state index is 14.5. The fourth-order valence-corrected chi connectivity index (χ4v) is 9.50. The van der Waals surface area contributed by atoms with Gasteiger partial charge >= 0.3 is 18.1 Å². The minimum Gasteiger partial charge on any atom is -0.458 e. The summed E-state index contributed by atoms with van der Waals surface area (Å²) in [4.78, 5) is 56.0. The fourth-order valence-electron chi connectivity index (χ4n) is 9.50. The number of likely N-dealkylation sites (N-methyl/N-ethyl adjacent to an activating group) is 1. The van der Waals surface area contributed by atoms with Crippen molar-refractivity contribution >= 4 is 23.9 Å². The van der Waals surface area contributed by atoms with Gasteiger partial charge in [-0.3, -0.25) is 14.4 Å². The number of carbonyl (C=O) groups excluding carboxylic acids is 4. The number of Topliss-reactive ketones (excluding diaryl/α,β-unsaturated/α-hetero) is 1. The fraction of sp³-hybridized carbons (Fsp3) is 0.902. The first-order chi connectivity index (χ1) is 26.0. The molecule has 4 rings (SSSR count).